The van der Waals surface area contributed by atoms with Gasteiger partial charge in [0.15, 0.2) is 5.58 Å². The zero-order valence-electron chi connectivity index (χ0n) is 23.9. The van der Waals surface area contributed by atoms with Gasteiger partial charge in [-0.05, 0) is 63.6 Å². The molecule has 5 rings (SSSR count). The lowest BCUT2D eigenvalue weighted by atomic mass is 9.90. The minimum Gasteiger partial charge on any atom is -0.493 e. The Bertz CT molecular complexity index is 1610. The molecular formula is C31H35N5O5. The molecule has 0 radical (unpaired) electrons. The number of pyridine rings is 2. The zero-order valence-corrected chi connectivity index (χ0v) is 23.9. The van der Waals surface area contributed by atoms with E-state index in [0.717, 1.165) is 11.1 Å². The molecule has 4 heterocycles. The number of carbonyl (C=O) groups is 2. The van der Waals surface area contributed by atoms with Gasteiger partial charge in [-0.25, -0.2) is 0 Å². The number of benzene rings is 1. The second-order valence-corrected chi connectivity index (χ2v) is 10.6. The summed E-state index contributed by atoms with van der Waals surface area (Å²) in [5, 5.41) is 0.792. The van der Waals surface area contributed by atoms with Gasteiger partial charge in [0.1, 0.15) is 11.2 Å². The number of furan rings is 1. The van der Waals surface area contributed by atoms with Crippen molar-refractivity contribution in [1.82, 2.24) is 9.55 Å². The van der Waals surface area contributed by atoms with Crippen molar-refractivity contribution in [2.45, 2.75) is 33.7 Å². The van der Waals surface area contributed by atoms with Crippen LogP contribution in [0.5, 0.6) is 5.75 Å². The van der Waals surface area contributed by atoms with Gasteiger partial charge < -0.3 is 28.4 Å². The Morgan fingerprint density at radius 3 is 2.51 bits per heavy atom. The topological polar surface area (TPSA) is 101 Å². The van der Waals surface area contributed by atoms with Crippen LogP contribution in [0.2, 0.25) is 0 Å². The Balaban J connectivity index is 1.26. The third-order valence-electron chi connectivity index (χ3n) is 7.60. The van der Waals surface area contributed by atoms with Crippen LogP contribution in [0.25, 0.3) is 11.0 Å². The highest BCUT2D eigenvalue weighted by Gasteiger charge is 2.45. The Morgan fingerprint density at radius 1 is 0.976 bits per heavy atom. The number of nitrogens with zero attached hydrogens (tertiary/aromatic N) is 5. The molecule has 10 heteroatoms. The second-order valence-electron chi connectivity index (χ2n) is 10.6. The molecule has 0 unspecified atom stereocenters. The summed E-state index contributed by atoms with van der Waals surface area (Å²) < 4.78 is 13.1. The maximum Gasteiger partial charge on any atom is 0.294 e. The van der Waals surface area contributed by atoms with Gasteiger partial charge in [-0.15, -0.1) is 0 Å². The molecule has 0 saturated heterocycles. The molecular weight excluding hydrogens is 522 g/mol. The maximum absolute atomic E-state index is 13.1. The molecule has 214 valence electrons. The molecule has 0 spiro atoms. The quantitative estimate of drug-likeness (QED) is 0.211. The number of ether oxygens (including phenoxy) is 1. The monoisotopic (exact) mass is 557 g/mol. The highest BCUT2D eigenvalue weighted by molar-refractivity contribution is 6.20. The molecule has 0 N–H and O–H groups in total. The van der Waals surface area contributed by atoms with Gasteiger partial charge in [-0.2, -0.15) is 0 Å². The molecule has 0 atom stereocenters. The summed E-state index contributed by atoms with van der Waals surface area (Å²) in [4.78, 5) is 48.6. The SMILES string of the molecule is CCN1C(=O)C(C)(C)C(=O)N(C)c2cc(OCCCN(CCn3ccc4ccoc4c3=O)c3ccncc3)ccc21. The summed E-state index contributed by atoms with van der Waals surface area (Å²) in [5.41, 5.74) is 1.40. The van der Waals surface area contributed by atoms with Crippen molar-refractivity contribution in [3.8, 4) is 5.75 Å². The number of hydrogen-bond acceptors (Lipinski definition) is 7. The van der Waals surface area contributed by atoms with Crippen molar-refractivity contribution in [1.29, 1.82) is 0 Å². The van der Waals surface area contributed by atoms with E-state index in [1.165, 1.54) is 6.26 Å². The number of aromatic nitrogens is 2. The largest absolute Gasteiger partial charge is 0.493 e. The third-order valence-corrected chi connectivity index (χ3v) is 7.60. The summed E-state index contributed by atoms with van der Waals surface area (Å²) in [6, 6.07) is 13.1. The van der Waals surface area contributed by atoms with Crippen LogP contribution in [0.1, 0.15) is 27.2 Å². The molecule has 1 aromatic carbocycles. The van der Waals surface area contributed by atoms with Gasteiger partial charge in [0, 0.05) is 69.0 Å². The zero-order chi connectivity index (χ0) is 29.1. The molecule has 4 aromatic rings. The summed E-state index contributed by atoms with van der Waals surface area (Å²) >= 11 is 0. The fraction of sp³-hybridized carbons (Fsp3) is 0.355. The number of fused-ring (bicyclic) bond motifs is 2. The molecule has 10 nitrogen and oxygen atoms in total. The van der Waals surface area contributed by atoms with Crippen LogP contribution in [0.15, 0.2) is 76.5 Å². The van der Waals surface area contributed by atoms with Gasteiger partial charge in [0.2, 0.25) is 11.8 Å². The van der Waals surface area contributed by atoms with Gasteiger partial charge in [0.05, 0.1) is 24.2 Å². The Labute approximate surface area is 238 Å². The summed E-state index contributed by atoms with van der Waals surface area (Å²) in [6.45, 7) is 7.93. The van der Waals surface area contributed by atoms with Gasteiger partial charge in [-0.1, -0.05) is 0 Å². The number of amides is 2. The number of anilines is 3. The fourth-order valence-corrected chi connectivity index (χ4v) is 5.24. The lowest BCUT2D eigenvalue weighted by Gasteiger charge is -2.27. The Hall–Kier alpha value is -4.60. The Morgan fingerprint density at radius 2 is 1.76 bits per heavy atom. The molecule has 41 heavy (non-hydrogen) atoms. The molecule has 3 aromatic heterocycles. The van der Waals surface area contributed by atoms with Crippen molar-refractivity contribution in [3.63, 3.8) is 0 Å². The van der Waals surface area contributed by atoms with Gasteiger partial charge in [0.25, 0.3) is 5.56 Å². The van der Waals surface area contributed by atoms with Crippen LogP contribution in [0.3, 0.4) is 0 Å². The minimum absolute atomic E-state index is 0.149. The average Bonchev–Trinajstić information content (AvgIpc) is 3.46. The van der Waals surface area contributed by atoms with E-state index in [4.69, 9.17) is 9.15 Å². The van der Waals surface area contributed by atoms with Gasteiger partial charge >= 0.3 is 0 Å². The average molecular weight is 558 g/mol. The molecule has 0 aliphatic carbocycles. The van der Waals surface area contributed by atoms with E-state index < -0.39 is 5.41 Å². The normalized spacial score (nSPS) is 14.7. The van der Waals surface area contributed by atoms with E-state index in [1.807, 2.05) is 43.3 Å². The highest BCUT2D eigenvalue weighted by Crippen LogP contribution is 2.40. The molecule has 1 aliphatic heterocycles. The van der Waals surface area contributed by atoms with Crippen molar-refractivity contribution in [3.05, 3.63) is 77.7 Å². The summed E-state index contributed by atoms with van der Waals surface area (Å²) in [5.74, 6) is 0.155. The molecule has 0 bridgehead atoms. The first-order valence-corrected chi connectivity index (χ1v) is 13.8. The van der Waals surface area contributed by atoms with Crippen LogP contribution in [0, 0.1) is 5.41 Å². The van der Waals surface area contributed by atoms with E-state index >= 15 is 0 Å². The number of rotatable bonds is 10. The van der Waals surface area contributed by atoms with Crippen LogP contribution in [0.4, 0.5) is 17.1 Å². The summed E-state index contributed by atoms with van der Waals surface area (Å²) in [6.07, 6.45) is 7.53. The predicted octanol–water partition coefficient (Wildman–Crippen LogP) is 4.32. The molecule has 0 fully saturated rings. The Kier molecular flexibility index (Phi) is 7.83. The third kappa shape index (κ3) is 5.41. The smallest absolute Gasteiger partial charge is 0.294 e. The van der Waals surface area contributed by atoms with Crippen molar-refractivity contribution in [2.24, 2.45) is 5.41 Å². The van der Waals surface area contributed by atoms with Gasteiger partial charge in [-0.3, -0.25) is 19.4 Å². The predicted molar refractivity (Wildman–Crippen MR) is 159 cm³/mol. The first-order valence-electron chi connectivity index (χ1n) is 13.8. The van der Waals surface area contributed by atoms with Crippen molar-refractivity contribution >= 4 is 39.8 Å². The number of carbonyl (C=O) groups excluding carboxylic acids is 2. The van der Waals surface area contributed by atoms with E-state index in [2.05, 4.69) is 9.88 Å². The molecule has 1 aliphatic rings. The van der Waals surface area contributed by atoms with E-state index in [9.17, 15) is 14.4 Å². The summed E-state index contributed by atoms with van der Waals surface area (Å²) in [7, 11) is 1.70. The standard InChI is InChI=1S/C31H35N5O5/c1-5-36-25-8-7-24(21-26(25)33(4)29(38)31(2,3)30(36)39)40-19-6-15-34(23-9-13-32-14-10-23)17-18-35-16-11-22-12-20-41-27(22)28(35)37/h7-14,16,20-21H,5-6,15,17-19H2,1-4H3. The fourth-order valence-electron chi connectivity index (χ4n) is 5.24. The second kappa shape index (κ2) is 11.5. The highest BCUT2D eigenvalue weighted by atomic mass is 16.5. The number of hydrogen-bond donors (Lipinski definition) is 0. The molecule has 0 saturated carbocycles. The van der Waals surface area contributed by atoms with Crippen LogP contribution in [-0.4, -0.2) is 54.7 Å². The lowest BCUT2D eigenvalue weighted by molar-refractivity contribution is -0.137. The van der Waals surface area contributed by atoms with E-state index in [1.54, 1.807) is 59.9 Å². The van der Waals surface area contributed by atoms with Crippen LogP contribution >= 0.6 is 0 Å². The van der Waals surface area contributed by atoms with Crippen molar-refractivity contribution < 1.29 is 18.7 Å². The van der Waals surface area contributed by atoms with Crippen molar-refractivity contribution in [2.75, 3.05) is 48.0 Å². The molecule has 2 amide bonds. The first-order chi connectivity index (χ1) is 19.7. The van der Waals surface area contributed by atoms with Crippen LogP contribution < -0.4 is 25.0 Å². The van der Waals surface area contributed by atoms with E-state index in [-0.39, 0.29) is 17.4 Å². The first kappa shape index (κ1) is 27.9. The van der Waals surface area contributed by atoms with Crippen LogP contribution in [-0.2, 0) is 16.1 Å². The minimum atomic E-state index is -1.16. The lowest BCUT2D eigenvalue weighted by Crippen LogP contribution is -2.47. The van der Waals surface area contributed by atoms with E-state index in [0.29, 0.717) is 61.9 Å². The maximum atomic E-state index is 13.1.